The van der Waals surface area contributed by atoms with Crippen LogP contribution in [0.15, 0.2) is 18.2 Å². The Bertz CT molecular complexity index is 381. The van der Waals surface area contributed by atoms with Crippen LogP contribution in [0.4, 0.5) is 0 Å². The van der Waals surface area contributed by atoms with E-state index in [-0.39, 0.29) is 6.29 Å². The molecule has 1 aliphatic rings. The number of carbonyl (C=O) groups is 1. The van der Waals surface area contributed by atoms with E-state index in [1.165, 1.54) is 0 Å². The molecular formula is C14H18O3. The molecule has 1 fully saturated rings. The summed E-state index contributed by atoms with van der Waals surface area (Å²) in [6, 6.07) is 5.70. The molecule has 0 amide bonds. The molecule has 1 unspecified atom stereocenters. The molecule has 1 aromatic carbocycles. The highest BCUT2D eigenvalue weighted by molar-refractivity contribution is 5.77. The number of aldehydes is 1. The Morgan fingerprint density at radius 3 is 3.06 bits per heavy atom. The monoisotopic (exact) mass is 234 g/mol. The fourth-order valence-corrected chi connectivity index (χ4v) is 2.01. The topological polar surface area (TPSA) is 35.5 Å². The molecule has 0 bridgehead atoms. The number of hydrogen-bond donors (Lipinski definition) is 0. The second-order valence-electron chi connectivity index (χ2n) is 4.36. The zero-order valence-corrected chi connectivity index (χ0v) is 10.1. The lowest BCUT2D eigenvalue weighted by atomic mass is 10.0. The van der Waals surface area contributed by atoms with Crippen molar-refractivity contribution >= 4 is 6.29 Å². The Labute approximate surface area is 102 Å². The van der Waals surface area contributed by atoms with Crippen molar-refractivity contribution in [2.75, 3.05) is 6.61 Å². The van der Waals surface area contributed by atoms with Gasteiger partial charge < -0.3 is 9.47 Å². The lowest BCUT2D eigenvalue weighted by Gasteiger charge is -2.23. The number of rotatable bonds is 4. The zero-order chi connectivity index (χ0) is 12.1. The van der Waals surface area contributed by atoms with Gasteiger partial charge in [-0.15, -0.1) is 0 Å². The molecule has 0 N–H and O–H groups in total. The van der Waals surface area contributed by atoms with Gasteiger partial charge in [-0.05, 0) is 37.3 Å². The Hall–Kier alpha value is -1.19. The van der Waals surface area contributed by atoms with E-state index in [1.807, 2.05) is 25.1 Å². The summed E-state index contributed by atoms with van der Waals surface area (Å²) in [5, 5.41) is 0. The standard InChI is InChI=1S/C14H18O3/c1-11-12(9-15)5-4-6-13(11)10-17-14-7-2-3-8-16-14/h4-6,9,14H,2-3,7-8,10H2,1H3. The fraction of sp³-hybridized carbons (Fsp3) is 0.500. The molecule has 0 spiro atoms. The molecular weight excluding hydrogens is 216 g/mol. The molecule has 2 rings (SSSR count). The summed E-state index contributed by atoms with van der Waals surface area (Å²) in [6.45, 7) is 3.25. The molecule has 3 nitrogen and oxygen atoms in total. The minimum Gasteiger partial charge on any atom is -0.353 e. The average molecular weight is 234 g/mol. The maximum absolute atomic E-state index is 10.8. The van der Waals surface area contributed by atoms with Crippen molar-refractivity contribution in [3.05, 3.63) is 34.9 Å². The number of hydrogen-bond acceptors (Lipinski definition) is 3. The van der Waals surface area contributed by atoms with Gasteiger partial charge >= 0.3 is 0 Å². The molecule has 92 valence electrons. The molecule has 3 heteroatoms. The highest BCUT2D eigenvalue weighted by atomic mass is 16.7. The van der Waals surface area contributed by atoms with Crippen molar-refractivity contribution in [3.8, 4) is 0 Å². The van der Waals surface area contributed by atoms with Crippen LogP contribution < -0.4 is 0 Å². The quantitative estimate of drug-likeness (QED) is 0.751. The SMILES string of the molecule is Cc1c(C=O)cccc1COC1CCCCO1. The van der Waals surface area contributed by atoms with Crippen molar-refractivity contribution in [1.82, 2.24) is 0 Å². The number of ether oxygens (including phenoxy) is 2. The first-order valence-electron chi connectivity index (χ1n) is 6.08. The van der Waals surface area contributed by atoms with E-state index in [0.717, 1.165) is 48.8 Å². The van der Waals surface area contributed by atoms with E-state index in [0.29, 0.717) is 6.61 Å². The smallest absolute Gasteiger partial charge is 0.158 e. The molecule has 0 saturated carbocycles. The Balaban J connectivity index is 1.96. The predicted molar refractivity (Wildman–Crippen MR) is 64.9 cm³/mol. The zero-order valence-electron chi connectivity index (χ0n) is 10.1. The van der Waals surface area contributed by atoms with Gasteiger partial charge in [0.1, 0.15) is 6.29 Å². The van der Waals surface area contributed by atoms with E-state index in [9.17, 15) is 4.79 Å². The van der Waals surface area contributed by atoms with Gasteiger partial charge in [-0.3, -0.25) is 4.79 Å². The molecule has 1 aliphatic heterocycles. The van der Waals surface area contributed by atoms with Crippen molar-refractivity contribution in [2.24, 2.45) is 0 Å². The van der Waals surface area contributed by atoms with Crippen molar-refractivity contribution in [1.29, 1.82) is 0 Å². The maximum atomic E-state index is 10.8. The highest BCUT2D eigenvalue weighted by Gasteiger charge is 2.14. The van der Waals surface area contributed by atoms with Crippen LogP contribution in [0.1, 0.15) is 40.7 Å². The lowest BCUT2D eigenvalue weighted by molar-refractivity contribution is -0.169. The molecule has 1 aromatic rings. The van der Waals surface area contributed by atoms with E-state index < -0.39 is 0 Å². The van der Waals surface area contributed by atoms with E-state index in [4.69, 9.17) is 9.47 Å². The maximum Gasteiger partial charge on any atom is 0.158 e. The Morgan fingerprint density at radius 1 is 1.47 bits per heavy atom. The van der Waals surface area contributed by atoms with Crippen LogP contribution in [0.2, 0.25) is 0 Å². The van der Waals surface area contributed by atoms with Crippen LogP contribution in [0, 0.1) is 6.92 Å². The van der Waals surface area contributed by atoms with Crippen LogP contribution in [0.5, 0.6) is 0 Å². The molecule has 0 aliphatic carbocycles. The summed E-state index contributed by atoms with van der Waals surface area (Å²) in [5.41, 5.74) is 2.79. The minimum absolute atomic E-state index is 0.0805. The van der Waals surface area contributed by atoms with Crippen LogP contribution >= 0.6 is 0 Å². The van der Waals surface area contributed by atoms with Gasteiger partial charge in [0.05, 0.1) is 6.61 Å². The third kappa shape index (κ3) is 3.14. The second kappa shape index (κ2) is 5.94. The van der Waals surface area contributed by atoms with Gasteiger partial charge in [0, 0.05) is 12.2 Å². The molecule has 1 saturated heterocycles. The highest BCUT2D eigenvalue weighted by Crippen LogP contribution is 2.18. The molecule has 0 aromatic heterocycles. The lowest BCUT2D eigenvalue weighted by Crippen LogP contribution is -2.22. The van der Waals surface area contributed by atoms with Gasteiger partial charge in [0.25, 0.3) is 0 Å². The summed E-state index contributed by atoms with van der Waals surface area (Å²) in [4.78, 5) is 10.8. The van der Waals surface area contributed by atoms with Gasteiger partial charge in [-0.25, -0.2) is 0 Å². The Morgan fingerprint density at radius 2 is 2.35 bits per heavy atom. The van der Waals surface area contributed by atoms with Crippen molar-refractivity contribution in [2.45, 2.75) is 39.1 Å². The molecule has 1 heterocycles. The third-order valence-corrected chi connectivity index (χ3v) is 3.18. The van der Waals surface area contributed by atoms with Gasteiger partial charge in [-0.2, -0.15) is 0 Å². The minimum atomic E-state index is -0.0805. The van der Waals surface area contributed by atoms with E-state index in [1.54, 1.807) is 0 Å². The van der Waals surface area contributed by atoms with Crippen molar-refractivity contribution in [3.63, 3.8) is 0 Å². The predicted octanol–water partition coefficient (Wildman–Crippen LogP) is 2.85. The first-order chi connectivity index (χ1) is 8.31. The number of benzene rings is 1. The first-order valence-corrected chi connectivity index (χ1v) is 6.08. The van der Waals surface area contributed by atoms with E-state index in [2.05, 4.69) is 0 Å². The first kappa shape index (κ1) is 12.3. The van der Waals surface area contributed by atoms with E-state index >= 15 is 0 Å². The summed E-state index contributed by atoms with van der Waals surface area (Å²) in [5.74, 6) is 0. The van der Waals surface area contributed by atoms with Gasteiger partial charge in [-0.1, -0.05) is 18.2 Å². The largest absolute Gasteiger partial charge is 0.353 e. The Kier molecular flexibility index (Phi) is 4.29. The van der Waals surface area contributed by atoms with Gasteiger partial charge in [0.15, 0.2) is 6.29 Å². The van der Waals surface area contributed by atoms with Crippen molar-refractivity contribution < 1.29 is 14.3 Å². The fourth-order valence-electron chi connectivity index (χ4n) is 2.01. The van der Waals surface area contributed by atoms with Crippen LogP contribution in [0.3, 0.4) is 0 Å². The van der Waals surface area contributed by atoms with Crippen LogP contribution in [-0.4, -0.2) is 19.2 Å². The summed E-state index contributed by atoms with van der Waals surface area (Å²) in [7, 11) is 0. The third-order valence-electron chi connectivity index (χ3n) is 3.18. The molecule has 1 atom stereocenters. The second-order valence-corrected chi connectivity index (χ2v) is 4.36. The number of carbonyl (C=O) groups excluding carboxylic acids is 1. The van der Waals surface area contributed by atoms with Gasteiger partial charge in [0.2, 0.25) is 0 Å². The summed E-state index contributed by atoms with van der Waals surface area (Å²) >= 11 is 0. The van der Waals surface area contributed by atoms with Crippen LogP contribution in [0.25, 0.3) is 0 Å². The molecule has 0 radical (unpaired) electrons. The van der Waals surface area contributed by atoms with Crippen LogP contribution in [-0.2, 0) is 16.1 Å². The molecule has 17 heavy (non-hydrogen) atoms. The summed E-state index contributed by atoms with van der Waals surface area (Å²) < 4.78 is 11.2. The summed E-state index contributed by atoms with van der Waals surface area (Å²) in [6.07, 6.45) is 4.06. The average Bonchev–Trinajstić information content (AvgIpc) is 2.39. The normalized spacial score (nSPS) is 20.2.